The number of benzene rings is 1. The van der Waals surface area contributed by atoms with Gasteiger partial charge in [0.05, 0.1) is 12.6 Å². The van der Waals surface area contributed by atoms with Crippen LogP contribution in [0.5, 0.6) is 0 Å². The largest absolute Gasteiger partial charge is 0.366 e. The number of hydrogen-bond donors (Lipinski definition) is 1. The molecule has 0 aliphatic carbocycles. The van der Waals surface area contributed by atoms with Crippen LogP contribution in [-0.4, -0.2) is 43.2 Å². The normalized spacial score (nSPS) is 26.5. The number of ether oxygens (including phenoxy) is 1. The average Bonchev–Trinajstić information content (AvgIpc) is 2.81. The molecule has 0 radical (unpaired) electrons. The molecule has 2 heterocycles. The summed E-state index contributed by atoms with van der Waals surface area (Å²) >= 11 is 5.99. The molecule has 2 unspecified atom stereocenters. The minimum atomic E-state index is -0.346. The van der Waals surface area contributed by atoms with E-state index in [1.165, 1.54) is 12.0 Å². The van der Waals surface area contributed by atoms with Gasteiger partial charge in [-0.1, -0.05) is 36.6 Å². The van der Waals surface area contributed by atoms with Gasteiger partial charge in [-0.15, -0.1) is 0 Å². The van der Waals surface area contributed by atoms with Gasteiger partial charge in [-0.05, 0) is 30.5 Å². The fourth-order valence-corrected chi connectivity index (χ4v) is 3.44. The number of rotatable bonds is 2. The summed E-state index contributed by atoms with van der Waals surface area (Å²) in [7, 11) is 0. The van der Waals surface area contributed by atoms with E-state index in [1.54, 1.807) is 0 Å². The zero-order chi connectivity index (χ0) is 15.4. The molecule has 3 rings (SSSR count). The Morgan fingerprint density at radius 2 is 2.05 bits per heavy atom. The minimum Gasteiger partial charge on any atom is -0.366 e. The van der Waals surface area contributed by atoms with Crippen LogP contribution in [0.3, 0.4) is 0 Å². The fourth-order valence-electron chi connectivity index (χ4n) is 3.31. The molecule has 2 aliphatic heterocycles. The summed E-state index contributed by atoms with van der Waals surface area (Å²) < 4.78 is 5.66. The summed E-state index contributed by atoms with van der Waals surface area (Å²) in [5.74, 6) is 0.119. The second-order valence-electron chi connectivity index (χ2n) is 6.01. The molecular formula is C17H23ClN2O2. The summed E-state index contributed by atoms with van der Waals surface area (Å²) in [5.41, 5.74) is 1.17. The summed E-state index contributed by atoms with van der Waals surface area (Å²) in [6, 6.07) is 8.03. The van der Waals surface area contributed by atoms with Crippen LogP contribution < -0.4 is 5.32 Å². The van der Waals surface area contributed by atoms with Crippen LogP contribution >= 0.6 is 11.6 Å². The lowest BCUT2D eigenvalue weighted by molar-refractivity contribution is -0.147. The zero-order valence-corrected chi connectivity index (χ0v) is 13.5. The van der Waals surface area contributed by atoms with Gasteiger partial charge in [0.1, 0.15) is 6.10 Å². The van der Waals surface area contributed by atoms with Crippen molar-refractivity contribution < 1.29 is 9.53 Å². The van der Waals surface area contributed by atoms with Gasteiger partial charge in [-0.3, -0.25) is 4.79 Å². The quantitative estimate of drug-likeness (QED) is 0.910. The van der Waals surface area contributed by atoms with Gasteiger partial charge in [0.25, 0.3) is 5.91 Å². The van der Waals surface area contributed by atoms with Crippen molar-refractivity contribution in [3.05, 3.63) is 34.9 Å². The monoisotopic (exact) mass is 322 g/mol. The highest BCUT2D eigenvalue weighted by Crippen LogP contribution is 2.31. The number of likely N-dealkylation sites (tertiary alicyclic amines) is 1. The van der Waals surface area contributed by atoms with E-state index in [0.29, 0.717) is 13.2 Å². The number of nitrogens with one attached hydrogen (secondary N) is 1. The van der Waals surface area contributed by atoms with Crippen molar-refractivity contribution in [2.45, 2.75) is 37.8 Å². The first-order valence-corrected chi connectivity index (χ1v) is 8.52. The number of hydrogen-bond acceptors (Lipinski definition) is 3. The van der Waals surface area contributed by atoms with Crippen LogP contribution in [0.4, 0.5) is 0 Å². The lowest BCUT2D eigenvalue weighted by Crippen LogP contribution is -2.50. The summed E-state index contributed by atoms with van der Waals surface area (Å²) in [4.78, 5) is 14.9. The van der Waals surface area contributed by atoms with E-state index in [9.17, 15) is 4.79 Å². The van der Waals surface area contributed by atoms with Gasteiger partial charge < -0.3 is 15.0 Å². The summed E-state index contributed by atoms with van der Waals surface area (Å²) in [6.45, 7) is 2.86. The first-order valence-electron chi connectivity index (χ1n) is 8.14. The highest BCUT2D eigenvalue weighted by molar-refractivity contribution is 6.30. The molecule has 120 valence electrons. The van der Waals surface area contributed by atoms with Crippen LogP contribution in [0.25, 0.3) is 0 Å². The topological polar surface area (TPSA) is 41.6 Å². The average molecular weight is 323 g/mol. The predicted molar refractivity (Wildman–Crippen MR) is 87.0 cm³/mol. The van der Waals surface area contributed by atoms with E-state index in [-0.39, 0.29) is 18.1 Å². The second kappa shape index (κ2) is 7.44. The molecule has 2 atom stereocenters. The van der Waals surface area contributed by atoms with Crippen molar-refractivity contribution in [3.8, 4) is 0 Å². The Bertz CT molecular complexity index is 500. The third-order valence-electron chi connectivity index (χ3n) is 4.49. The minimum absolute atomic E-state index is 0.119. The van der Waals surface area contributed by atoms with Gasteiger partial charge >= 0.3 is 0 Å². The van der Waals surface area contributed by atoms with Crippen LogP contribution in [0, 0.1) is 0 Å². The highest BCUT2D eigenvalue weighted by atomic mass is 35.5. The molecule has 2 saturated heterocycles. The zero-order valence-electron chi connectivity index (χ0n) is 12.8. The predicted octanol–water partition coefficient (Wildman–Crippen LogP) is 2.77. The molecule has 0 saturated carbocycles. The van der Waals surface area contributed by atoms with Crippen molar-refractivity contribution in [3.63, 3.8) is 0 Å². The van der Waals surface area contributed by atoms with Crippen molar-refractivity contribution >= 4 is 17.5 Å². The van der Waals surface area contributed by atoms with Crippen molar-refractivity contribution in [2.24, 2.45) is 0 Å². The van der Waals surface area contributed by atoms with Crippen LogP contribution in [0.1, 0.15) is 37.3 Å². The maximum absolute atomic E-state index is 12.9. The van der Waals surface area contributed by atoms with Gasteiger partial charge in [0, 0.05) is 24.7 Å². The van der Waals surface area contributed by atoms with E-state index >= 15 is 0 Å². The highest BCUT2D eigenvalue weighted by Gasteiger charge is 2.32. The smallest absolute Gasteiger partial charge is 0.253 e. The molecule has 1 N–H and O–H groups in total. The van der Waals surface area contributed by atoms with Gasteiger partial charge in [0.2, 0.25) is 0 Å². The molecule has 22 heavy (non-hydrogen) atoms. The van der Waals surface area contributed by atoms with E-state index in [2.05, 4.69) is 5.32 Å². The SMILES string of the molecule is O=C(C1CNCCO1)N1CCCCCC1c1ccc(Cl)cc1. The Labute approximate surface area is 136 Å². The third kappa shape index (κ3) is 3.62. The maximum atomic E-state index is 12.9. The van der Waals surface area contributed by atoms with Crippen molar-refractivity contribution in [1.82, 2.24) is 10.2 Å². The number of carbonyl (C=O) groups excluding carboxylic acids is 1. The van der Waals surface area contributed by atoms with Crippen molar-refractivity contribution in [2.75, 3.05) is 26.2 Å². The second-order valence-corrected chi connectivity index (χ2v) is 6.45. The number of halogens is 1. The molecule has 4 nitrogen and oxygen atoms in total. The molecule has 2 aliphatic rings. The van der Waals surface area contributed by atoms with E-state index in [1.807, 2.05) is 29.2 Å². The third-order valence-corrected chi connectivity index (χ3v) is 4.75. The fraction of sp³-hybridized carbons (Fsp3) is 0.588. The molecule has 1 amide bonds. The summed E-state index contributed by atoms with van der Waals surface area (Å²) in [6.07, 6.45) is 4.06. The molecule has 2 fully saturated rings. The first-order chi connectivity index (χ1) is 10.8. The lowest BCUT2D eigenvalue weighted by atomic mass is 10.0. The Morgan fingerprint density at radius 3 is 2.77 bits per heavy atom. The number of carbonyl (C=O) groups is 1. The maximum Gasteiger partial charge on any atom is 0.253 e. The molecule has 1 aromatic rings. The molecule has 0 spiro atoms. The number of morpholine rings is 1. The number of amides is 1. The lowest BCUT2D eigenvalue weighted by Gasteiger charge is -2.34. The Hall–Kier alpha value is -1.10. The number of nitrogens with zero attached hydrogens (tertiary/aromatic N) is 1. The van der Waals surface area contributed by atoms with E-state index in [0.717, 1.165) is 37.4 Å². The first kappa shape index (κ1) is 15.8. The van der Waals surface area contributed by atoms with Crippen LogP contribution in [-0.2, 0) is 9.53 Å². The van der Waals surface area contributed by atoms with Gasteiger partial charge in [-0.2, -0.15) is 0 Å². The van der Waals surface area contributed by atoms with E-state index < -0.39 is 0 Å². The summed E-state index contributed by atoms with van der Waals surface area (Å²) in [5, 5.41) is 3.97. The molecule has 1 aromatic carbocycles. The molecular weight excluding hydrogens is 300 g/mol. The standard InChI is InChI=1S/C17H23ClN2O2/c18-14-7-5-13(6-8-14)15-4-2-1-3-10-20(15)17(21)16-12-19-9-11-22-16/h5-8,15-16,19H,1-4,9-12H2. The Balaban J connectivity index is 1.80. The van der Waals surface area contributed by atoms with Crippen LogP contribution in [0.15, 0.2) is 24.3 Å². The Kier molecular flexibility index (Phi) is 5.34. The Morgan fingerprint density at radius 1 is 1.23 bits per heavy atom. The molecule has 5 heteroatoms. The van der Waals surface area contributed by atoms with Gasteiger partial charge in [-0.25, -0.2) is 0 Å². The molecule has 0 bridgehead atoms. The van der Waals surface area contributed by atoms with E-state index in [4.69, 9.17) is 16.3 Å². The van der Waals surface area contributed by atoms with Crippen molar-refractivity contribution in [1.29, 1.82) is 0 Å². The molecule has 0 aromatic heterocycles. The van der Waals surface area contributed by atoms with Crippen LogP contribution in [0.2, 0.25) is 5.02 Å². The van der Waals surface area contributed by atoms with Gasteiger partial charge in [0.15, 0.2) is 0 Å².